The molecule has 114 valence electrons. The van der Waals surface area contributed by atoms with E-state index in [0.29, 0.717) is 11.0 Å². The Bertz CT molecular complexity index is 736. The molecule has 1 aliphatic rings. The Morgan fingerprint density at radius 3 is 2.38 bits per heavy atom. The molecule has 1 aromatic carbocycles. The standard InChI is InChI=1S/C10H7F3N2O5S/c11-6-2-7(12)9(15(17)18)3-8(6)14-4-5(1-10(14)16)21(13,19)20/h2-3,5H,1,4H2. The molecule has 0 spiro atoms. The Kier molecular flexibility index (Phi) is 3.61. The lowest BCUT2D eigenvalue weighted by molar-refractivity contribution is -0.387. The van der Waals surface area contributed by atoms with Gasteiger partial charge in [0.1, 0.15) is 11.1 Å². The van der Waals surface area contributed by atoms with Gasteiger partial charge in [-0.25, -0.2) is 4.39 Å². The summed E-state index contributed by atoms with van der Waals surface area (Å²) >= 11 is 0. The Hall–Kier alpha value is -2.17. The van der Waals surface area contributed by atoms with E-state index in [9.17, 15) is 36.0 Å². The normalized spacial score (nSPS) is 19.1. The summed E-state index contributed by atoms with van der Waals surface area (Å²) < 4.78 is 61.2. The summed E-state index contributed by atoms with van der Waals surface area (Å²) in [5.74, 6) is -3.66. The molecule has 1 saturated heterocycles. The molecular formula is C10H7F3N2O5S. The second-order valence-electron chi connectivity index (χ2n) is 4.32. The number of amides is 1. The highest BCUT2D eigenvalue weighted by Crippen LogP contribution is 2.32. The molecule has 0 aromatic heterocycles. The summed E-state index contributed by atoms with van der Waals surface area (Å²) in [7, 11) is -5.02. The van der Waals surface area contributed by atoms with Crippen molar-refractivity contribution >= 4 is 27.5 Å². The fourth-order valence-corrected chi connectivity index (χ4v) is 2.64. The molecule has 0 aliphatic carbocycles. The molecule has 0 radical (unpaired) electrons. The van der Waals surface area contributed by atoms with Crippen molar-refractivity contribution in [2.45, 2.75) is 11.7 Å². The van der Waals surface area contributed by atoms with Crippen LogP contribution in [0.1, 0.15) is 6.42 Å². The van der Waals surface area contributed by atoms with Crippen molar-refractivity contribution in [3.8, 4) is 0 Å². The van der Waals surface area contributed by atoms with E-state index in [4.69, 9.17) is 0 Å². The van der Waals surface area contributed by atoms with Gasteiger partial charge in [-0.3, -0.25) is 14.9 Å². The Morgan fingerprint density at radius 2 is 1.90 bits per heavy atom. The molecule has 1 fully saturated rings. The number of anilines is 1. The first-order valence-corrected chi connectivity index (χ1v) is 6.93. The molecular weight excluding hydrogens is 317 g/mol. The van der Waals surface area contributed by atoms with E-state index >= 15 is 0 Å². The van der Waals surface area contributed by atoms with Crippen LogP contribution < -0.4 is 4.90 Å². The molecule has 7 nitrogen and oxygen atoms in total. The monoisotopic (exact) mass is 324 g/mol. The molecule has 1 unspecified atom stereocenters. The second kappa shape index (κ2) is 4.98. The van der Waals surface area contributed by atoms with Crippen molar-refractivity contribution < 1.29 is 30.8 Å². The molecule has 0 saturated carbocycles. The average molecular weight is 324 g/mol. The number of hydrogen-bond acceptors (Lipinski definition) is 5. The molecule has 1 aliphatic heterocycles. The molecule has 1 amide bonds. The molecule has 1 aromatic rings. The van der Waals surface area contributed by atoms with Gasteiger partial charge in [0.2, 0.25) is 11.7 Å². The maximum atomic E-state index is 13.6. The fraction of sp³-hybridized carbons (Fsp3) is 0.300. The number of nitrogens with zero attached hydrogens (tertiary/aromatic N) is 2. The smallest absolute Gasteiger partial charge is 0.307 e. The Morgan fingerprint density at radius 1 is 1.29 bits per heavy atom. The predicted molar refractivity (Wildman–Crippen MR) is 63.8 cm³/mol. The van der Waals surface area contributed by atoms with E-state index in [2.05, 4.69) is 0 Å². The van der Waals surface area contributed by atoms with Gasteiger partial charge in [-0.1, -0.05) is 0 Å². The van der Waals surface area contributed by atoms with E-state index in [-0.39, 0.29) is 6.07 Å². The van der Waals surface area contributed by atoms with Crippen LogP contribution in [0.3, 0.4) is 0 Å². The molecule has 11 heteroatoms. The van der Waals surface area contributed by atoms with Gasteiger partial charge in [-0.15, -0.1) is 3.89 Å². The minimum absolute atomic E-state index is 0.206. The third-order valence-corrected chi connectivity index (χ3v) is 4.10. The highest BCUT2D eigenvalue weighted by atomic mass is 32.3. The van der Waals surface area contributed by atoms with Crippen LogP contribution in [0.15, 0.2) is 12.1 Å². The van der Waals surface area contributed by atoms with Gasteiger partial charge in [-0.05, 0) is 0 Å². The summed E-state index contributed by atoms with van der Waals surface area (Å²) in [5.41, 5.74) is -1.75. The minimum atomic E-state index is -5.02. The van der Waals surface area contributed by atoms with Crippen LogP contribution in [0.25, 0.3) is 0 Å². The van der Waals surface area contributed by atoms with Crippen LogP contribution in [0, 0.1) is 21.7 Å². The topological polar surface area (TPSA) is 97.6 Å². The van der Waals surface area contributed by atoms with Crippen molar-refractivity contribution in [2.75, 3.05) is 11.4 Å². The van der Waals surface area contributed by atoms with Crippen LogP contribution in [-0.2, 0) is 15.0 Å². The highest BCUT2D eigenvalue weighted by molar-refractivity contribution is 7.87. The lowest BCUT2D eigenvalue weighted by Crippen LogP contribution is -2.28. The van der Waals surface area contributed by atoms with Gasteiger partial charge in [0.15, 0.2) is 0 Å². The van der Waals surface area contributed by atoms with Gasteiger partial charge >= 0.3 is 15.9 Å². The number of halogens is 3. The summed E-state index contributed by atoms with van der Waals surface area (Å²) in [6, 6.07) is 0.674. The third kappa shape index (κ3) is 2.82. The number of hydrogen-bond donors (Lipinski definition) is 0. The third-order valence-electron chi connectivity index (χ3n) is 2.99. The molecule has 21 heavy (non-hydrogen) atoms. The number of benzene rings is 1. The van der Waals surface area contributed by atoms with Gasteiger partial charge < -0.3 is 4.90 Å². The van der Waals surface area contributed by atoms with Gasteiger partial charge in [-0.2, -0.15) is 12.8 Å². The van der Waals surface area contributed by atoms with Crippen molar-refractivity contribution in [1.29, 1.82) is 0 Å². The molecule has 2 rings (SSSR count). The van der Waals surface area contributed by atoms with E-state index in [1.54, 1.807) is 0 Å². The highest BCUT2D eigenvalue weighted by Gasteiger charge is 2.40. The van der Waals surface area contributed by atoms with Crippen LogP contribution in [0.4, 0.5) is 24.0 Å². The fourth-order valence-electron chi connectivity index (χ4n) is 1.97. The molecule has 0 bridgehead atoms. The van der Waals surface area contributed by atoms with Crippen LogP contribution in [-0.4, -0.2) is 31.0 Å². The van der Waals surface area contributed by atoms with E-state index in [1.165, 1.54) is 0 Å². The second-order valence-corrected chi connectivity index (χ2v) is 5.94. The largest absolute Gasteiger partial charge is 0.308 e. The van der Waals surface area contributed by atoms with Gasteiger partial charge in [0.25, 0.3) is 0 Å². The van der Waals surface area contributed by atoms with Crippen molar-refractivity contribution in [3.63, 3.8) is 0 Å². The zero-order valence-electron chi connectivity index (χ0n) is 10.1. The molecule has 1 heterocycles. The zero-order valence-corrected chi connectivity index (χ0v) is 10.9. The summed E-state index contributed by atoms with van der Waals surface area (Å²) in [6.45, 7) is -0.697. The lowest BCUT2D eigenvalue weighted by Gasteiger charge is -2.16. The van der Waals surface area contributed by atoms with Gasteiger partial charge in [0.05, 0.1) is 10.6 Å². The number of rotatable bonds is 3. The number of nitro benzene ring substituents is 1. The molecule has 1 atom stereocenters. The molecule has 0 N–H and O–H groups in total. The number of carbonyl (C=O) groups is 1. The Balaban J connectivity index is 2.45. The maximum absolute atomic E-state index is 13.6. The minimum Gasteiger partial charge on any atom is -0.308 e. The first kappa shape index (κ1) is 15.2. The van der Waals surface area contributed by atoms with E-state index in [0.717, 1.165) is 0 Å². The quantitative estimate of drug-likeness (QED) is 0.474. The lowest BCUT2D eigenvalue weighted by atomic mass is 10.2. The zero-order chi connectivity index (χ0) is 15.9. The van der Waals surface area contributed by atoms with Crippen molar-refractivity contribution in [2.24, 2.45) is 0 Å². The number of carbonyl (C=O) groups excluding carboxylic acids is 1. The summed E-state index contributed by atoms with van der Waals surface area (Å²) in [4.78, 5) is 21.6. The van der Waals surface area contributed by atoms with Crippen molar-refractivity contribution in [1.82, 2.24) is 0 Å². The maximum Gasteiger partial charge on any atom is 0.307 e. The van der Waals surface area contributed by atoms with Crippen LogP contribution in [0.5, 0.6) is 0 Å². The first-order valence-electron chi connectivity index (χ1n) is 5.48. The van der Waals surface area contributed by atoms with Crippen molar-refractivity contribution in [3.05, 3.63) is 33.9 Å². The SMILES string of the molecule is O=C1CC(S(=O)(=O)F)CN1c1cc([N+](=O)[O-])c(F)cc1F. The average Bonchev–Trinajstić information content (AvgIpc) is 2.70. The van der Waals surface area contributed by atoms with Crippen LogP contribution in [0.2, 0.25) is 0 Å². The Labute approximate surface area is 116 Å². The van der Waals surface area contributed by atoms with E-state index < -0.39 is 62.3 Å². The first-order chi connectivity index (χ1) is 9.61. The predicted octanol–water partition coefficient (Wildman–Crippen LogP) is 1.28. The van der Waals surface area contributed by atoms with Gasteiger partial charge in [0, 0.05) is 25.1 Å². The summed E-state index contributed by atoms with van der Waals surface area (Å²) in [5, 5.41) is 8.90. The summed E-state index contributed by atoms with van der Waals surface area (Å²) in [6.07, 6.45) is -0.719. The number of nitro groups is 1. The van der Waals surface area contributed by atoms with E-state index in [1.807, 2.05) is 0 Å². The van der Waals surface area contributed by atoms with Crippen LogP contribution >= 0.6 is 0 Å².